The van der Waals surface area contributed by atoms with Crippen molar-refractivity contribution >= 4 is 11.9 Å². The maximum absolute atomic E-state index is 12.8. The standard InChI is InChI=1S/C9H13F3N2O3/c1-5(13)6(15)14-3-2-8(4-14,7(16)17)9(10,11)12/h5H,2-4,13H2,1H3,(H,16,17)/t5-,8?/m0/s1. The van der Waals surface area contributed by atoms with Gasteiger partial charge in [-0.3, -0.25) is 9.59 Å². The number of carboxylic acid groups (broad SMARTS) is 1. The first-order valence-corrected chi connectivity index (χ1v) is 4.96. The number of carboxylic acids is 1. The van der Waals surface area contributed by atoms with Gasteiger partial charge in [-0.25, -0.2) is 0 Å². The average Bonchev–Trinajstić information content (AvgIpc) is 2.60. The Morgan fingerprint density at radius 1 is 1.47 bits per heavy atom. The molecule has 1 saturated heterocycles. The van der Waals surface area contributed by atoms with Crippen LogP contribution in [-0.2, 0) is 9.59 Å². The summed E-state index contributed by atoms with van der Waals surface area (Å²) in [7, 11) is 0. The Bertz CT molecular complexity index is 343. The van der Waals surface area contributed by atoms with Gasteiger partial charge in [0.15, 0.2) is 5.41 Å². The van der Waals surface area contributed by atoms with Crippen LogP contribution in [0.5, 0.6) is 0 Å². The van der Waals surface area contributed by atoms with E-state index < -0.39 is 42.5 Å². The number of hydrogen-bond donors (Lipinski definition) is 2. The highest BCUT2D eigenvalue weighted by Gasteiger charge is 2.64. The molecular formula is C9H13F3N2O3. The summed E-state index contributed by atoms with van der Waals surface area (Å²) in [6.07, 6.45) is -5.52. The monoisotopic (exact) mass is 254 g/mol. The number of hydrogen-bond acceptors (Lipinski definition) is 3. The van der Waals surface area contributed by atoms with Gasteiger partial charge in [-0.1, -0.05) is 0 Å². The van der Waals surface area contributed by atoms with Gasteiger partial charge in [0.25, 0.3) is 0 Å². The predicted molar refractivity (Wildman–Crippen MR) is 51.0 cm³/mol. The second kappa shape index (κ2) is 4.17. The molecule has 0 saturated carbocycles. The predicted octanol–water partition coefficient (Wildman–Crippen LogP) is 0.199. The van der Waals surface area contributed by atoms with Crippen molar-refractivity contribution in [3.8, 4) is 0 Å². The molecule has 1 aliphatic rings. The summed E-state index contributed by atoms with van der Waals surface area (Å²) in [6, 6.07) is -0.937. The van der Waals surface area contributed by atoms with Crippen LogP contribution in [0.1, 0.15) is 13.3 Å². The summed E-state index contributed by atoms with van der Waals surface area (Å²) in [5, 5.41) is 8.75. The van der Waals surface area contributed by atoms with Crippen LogP contribution in [-0.4, -0.2) is 47.2 Å². The lowest BCUT2D eigenvalue weighted by Gasteiger charge is -2.27. The number of amides is 1. The highest BCUT2D eigenvalue weighted by atomic mass is 19.4. The molecule has 0 bridgehead atoms. The van der Waals surface area contributed by atoms with E-state index in [1.54, 1.807) is 0 Å². The van der Waals surface area contributed by atoms with E-state index in [2.05, 4.69) is 0 Å². The molecule has 0 aliphatic carbocycles. The van der Waals surface area contributed by atoms with E-state index in [-0.39, 0.29) is 6.54 Å². The van der Waals surface area contributed by atoms with Gasteiger partial charge >= 0.3 is 12.1 Å². The number of alkyl halides is 3. The van der Waals surface area contributed by atoms with E-state index in [9.17, 15) is 22.8 Å². The molecule has 0 spiro atoms. The van der Waals surface area contributed by atoms with Gasteiger partial charge in [-0.15, -0.1) is 0 Å². The fourth-order valence-corrected chi connectivity index (χ4v) is 1.81. The lowest BCUT2D eigenvalue weighted by molar-refractivity contribution is -0.227. The molecule has 8 heteroatoms. The molecule has 2 atom stereocenters. The maximum Gasteiger partial charge on any atom is 0.406 e. The van der Waals surface area contributed by atoms with Gasteiger partial charge in [0, 0.05) is 13.1 Å². The first-order chi connectivity index (χ1) is 7.62. The Balaban J connectivity index is 2.95. The Kier molecular flexibility index (Phi) is 3.37. The molecule has 1 amide bonds. The van der Waals surface area contributed by atoms with Gasteiger partial charge < -0.3 is 15.7 Å². The normalized spacial score (nSPS) is 27.0. The third-order valence-electron chi connectivity index (χ3n) is 2.92. The molecule has 98 valence electrons. The zero-order valence-corrected chi connectivity index (χ0v) is 9.12. The number of rotatable bonds is 2. The first kappa shape index (κ1) is 13.8. The second-order valence-electron chi connectivity index (χ2n) is 4.18. The quantitative estimate of drug-likeness (QED) is 0.737. The number of carbonyl (C=O) groups excluding carboxylic acids is 1. The number of likely N-dealkylation sites (tertiary alicyclic amines) is 1. The second-order valence-corrected chi connectivity index (χ2v) is 4.18. The Morgan fingerprint density at radius 3 is 2.29 bits per heavy atom. The molecule has 1 heterocycles. The van der Waals surface area contributed by atoms with E-state index in [4.69, 9.17) is 10.8 Å². The van der Waals surface area contributed by atoms with Crippen LogP contribution < -0.4 is 5.73 Å². The summed E-state index contributed by atoms with van der Waals surface area (Å²) in [4.78, 5) is 23.1. The molecule has 0 aromatic carbocycles. The highest BCUT2D eigenvalue weighted by molar-refractivity contribution is 5.84. The molecular weight excluding hydrogens is 241 g/mol. The highest BCUT2D eigenvalue weighted by Crippen LogP contribution is 2.45. The smallest absolute Gasteiger partial charge is 0.406 e. The van der Waals surface area contributed by atoms with Gasteiger partial charge in [0.05, 0.1) is 6.04 Å². The van der Waals surface area contributed by atoms with Crippen LogP contribution >= 0.6 is 0 Å². The fraction of sp³-hybridized carbons (Fsp3) is 0.778. The lowest BCUT2D eigenvalue weighted by atomic mass is 9.86. The van der Waals surface area contributed by atoms with Crippen molar-refractivity contribution in [3.63, 3.8) is 0 Å². The maximum atomic E-state index is 12.8. The van der Waals surface area contributed by atoms with Gasteiger partial charge in [-0.05, 0) is 13.3 Å². The SMILES string of the molecule is C[C@H](N)C(=O)N1CCC(C(=O)O)(C(F)(F)F)C1. The largest absolute Gasteiger partial charge is 0.481 e. The number of aliphatic carboxylic acids is 1. The van der Waals surface area contributed by atoms with Crippen molar-refractivity contribution in [1.29, 1.82) is 0 Å². The fourth-order valence-electron chi connectivity index (χ4n) is 1.81. The Hall–Kier alpha value is -1.31. The molecule has 1 aliphatic heterocycles. The minimum Gasteiger partial charge on any atom is -0.481 e. The van der Waals surface area contributed by atoms with Crippen LogP contribution in [0.25, 0.3) is 0 Å². The molecule has 1 rings (SSSR count). The Labute approximate surface area is 95.4 Å². The summed E-state index contributed by atoms with van der Waals surface area (Å²) in [5.41, 5.74) is 2.41. The van der Waals surface area contributed by atoms with Gasteiger partial charge in [0.1, 0.15) is 0 Å². The van der Waals surface area contributed by atoms with Crippen molar-refractivity contribution in [1.82, 2.24) is 4.90 Å². The van der Waals surface area contributed by atoms with Crippen molar-refractivity contribution < 1.29 is 27.9 Å². The number of nitrogens with two attached hydrogens (primary N) is 1. The summed E-state index contributed by atoms with van der Waals surface area (Å²) < 4.78 is 38.3. The number of halogens is 3. The first-order valence-electron chi connectivity index (χ1n) is 4.96. The molecule has 17 heavy (non-hydrogen) atoms. The third kappa shape index (κ3) is 2.21. The van der Waals surface area contributed by atoms with Crippen molar-refractivity contribution in [2.75, 3.05) is 13.1 Å². The topological polar surface area (TPSA) is 83.6 Å². The lowest BCUT2D eigenvalue weighted by Crippen LogP contribution is -2.49. The van der Waals surface area contributed by atoms with E-state index in [1.165, 1.54) is 6.92 Å². The van der Waals surface area contributed by atoms with Crippen LogP contribution in [0.15, 0.2) is 0 Å². The van der Waals surface area contributed by atoms with Gasteiger partial charge in [-0.2, -0.15) is 13.2 Å². The van der Waals surface area contributed by atoms with Crippen LogP contribution in [0, 0.1) is 5.41 Å². The van der Waals surface area contributed by atoms with E-state index in [0.29, 0.717) is 0 Å². The molecule has 1 unspecified atom stereocenters. The zero-order chi connectivity index (χ0) is 13.4. The molecule has 1 fully saturated rings. The third-order valence-corrected chi connectivity index (χ3v) is 2.92. The molecule has 0 radical (unpaired) electrons. The number of carbonyl (C=O) groups is 2. The van der Waals surface area contributed by atoms with E-state index in [0.717, 1.165) is 4.90 Å². The molecule has 5 nitrogen and oxygen atoms in total. The summed E-state index contributed by atoms with van der Waals surface area (Å²) >= 11 is 0. The van der Waals surface area contributed by atoms with Crippen molar-refractivity contribution in [2.24, 2.45) is 11.1 Å². The summed E-state index contributed by atoms with van der Waals surface area (Å²) in [6.45, 7) is 0.231. The van der Waals surface area contributed by atoms with E-state index >= 15 is 0 Å². The van der Waals surface area contributed by atoms with Crippen molar-refractivity contribution in [3.05, 3.63) is 0 Å². The van der Waals surface area contributed by atoms with Crippen LogP contribution in [0.4, 0.5) is 13.2 Å². The van der Waals surface area contributed by atoms with E-state index in [1.807, 2.05) is 0 Å². The minimum atomic E-state index is -4.88. The minimum absolute atomic E-state index is 0.244. The average molecular weight is 254 g/mol. The van der Waals surface area contributed by atoms with Crippen LogP contribution in [0.3, 0.4) is 0 Å². The molecule has 0 aromatic heterocycles. The zero-order valence-electron chi connectivity index (χ0n) is 9.12. The number of nitrogens with zero attached hydrogens (tertiary/aromatic N) is 1. The van der Waals surface area contributed by atoms with Crippen molar-refractivity contribution in [2.45, 2.75) is 25.6 Å². The molecule has 3 N–H and O–H groups in total. The van der Waals surface area contributed by atoms with Crippen LogP contribution in [0.2, 0.25) is 0 Å². The Morgan fingerprint density at radius 2 is 2.00 bits per heavy atom. The summed E-state index contributed by atoms with van der Waals surface area (Å²) in [5.74, 6) is -2.62. The van der Waals surface area contributed by atoms with Gasteiger partial charge in [0.2, 0.25) is 5.91 Å². The molecule has 0 aromatic rings.